The van der Waals surface area contributed by atoms with Crippen LogP contribution in [0.5, 0.6) is 5.75 Å². The van der Waals surface area contributed by atoms with Crippen molar-refractivity contribution in [3.63, 3.8) is 0 Å². The van der Waals surface area contributed by atoms with E-state index in [1.165, 1.54) is 0 Å². The van der Waals surface area contributed by atoms with Crippen LogP contribution in [-0.2, 0) is 11.3 Å². The van der Waals surface area contributed by atoms with Crippen molar-refractivity contribution >= 4 is 12.6 Å². The molecule has 1 aliphatic rings. The molecule has 2 rings (SSSR count). The summed E-state index contributed by atoms with van der Waals surface area (Å²) in [4.78, 5) is 0. The summed E-state index contributed by atoms with van der Waals surface area (Å²) in [5, 5.41) is 9.56. The summed E-state index contributed by atoms with van der Waals surface area (Å²) in [6.07, 6.45) is 0.959. The number of ether oxygens (including phenoxy) is 1. The van der Waals surface area contributed by atoms with Crippen LogP contribution in [0.4, 0.5) is 0 Å². The van der Waals surface area contributed by atoms with E-state index in [0.29, 0.717) is 13.2 Å². The second-order valence-electron chi connectivity index (χ2n) is 3.34. The van der Waals surface area contributed by atoms with Gasteiger partial charge in [-0.05, 0) is 18.1 Å². The summed E-state index contributed by atoms with van der Waals surface area (Å²) in [7, 11) is -0.821. The van der Waals surface area contributed by atoms with Gasteiger partial charge in [0.15, 0.2) is 0 Å². The summed E-state index contributed by atoms with van der Waals surface area (Å²) < 4.78 is 10.6. The molecule has 1 N–H and O–H groups in total. The topological polar surface area (TPSA) is 38.7 Å². The first-order chi connectivity index (χ1) is 6.83. The van der Waals surface area contributed by atoms with Gasteiger partial charge in [0.05, 0.1) is 13.2 Å². The molecular formula is C10H13BO3. The van der Waals surface area contributed by atoms with Crippen LogP contribution in [0.3, 0.4) is 0 Å². The van der Waals surface area contributed by atoms with Crippen LogP contribution >= 0.6 is 0 Å². The third-order valence-electron chi connectivity index (χ3n) is 2.26. The monoisotopic (exact) mass is 192 g/mol. The van der Waals surface area contributed by atoms with E-state index in [2.05, 4.69) is 6.92 Å². The van der Waals surface area contributed by atoms with E-state index in [-0.39, 0.29) is 0 Å². The van der Waals surface area contributed by atoms with Crippen LogP contribution < -0.4 is 10.2 Å². The molecule has 0 spiro atoms. The molecule has 0 fully saturated rings. The van der Waals surface area contributed by atoms with E-state index in [4.69, 9.17) is 9.39 Å². The number of rotatable bonds is 3. The van der Waals surface area contributed by atoms with Gasteiger partial charge >= 0.3 is 7.12 Å². The highest BCUT2D eigenvalue weighted by Crippen LogP contribution is 2.18. The molecule has 1 heterocycles. The van der Waals surface area contributed by atoms with Crippen molar-refractivity contribution in [3.8, 4) is 5.75 Å². The largest absolute Gasteiger partial charge is 0.495 e. The number of hydrogen-bond acceptors (Lipinski definition) is 3. The van der Waals surface area contributed by atoms with Crippen molar-refractivity contribution in [2.45, 2.75) is 20.0 Å². The zero-order valence-electron chi connectivity index (χ0n) is 8.19. The van der Waals surface area contributed by atoms with Crippen LogP contribution in [0.1, 0.15) is 18.9 Å². The number of hydrogen-bond donors (Lipinski definition) is 1. The summed E-state index contributed by atoms with van der Waals surface area (Å²) in [5.74, 6) is 0.745. The van der Waals surface area contributed by atoms with Gasteiger partial charge in [-0.2, -0.15) is 0 Å². The molecule has 3 nitrogen and oxygen atoms in total. The molecular weight excluding hydrogens is 179 g/mol. The first kappa shape index (κ1) is 9.56. The lowest BCUT2D eigenvalue weighted by molar-refractivity contribution is 0.274. The van der Waals surface area contributed by atoms with Crippen molar-refractivity contribution in [1.29, 1.82) is 0 Å². The Morgan fingerprint density at radius 1 is 1.57 bits per heavy atom. The van der Waals surface area contributed by atoms with Crippen LogP contribution in [-0.4, -0.2) is 18.7 Å². The second-order valence-corrected chi connectivity index (χ2v) is 3.34. The Bertz CT molecular complexity index is 327. The molecule has 0 atom stereocenters. The van der Waals surface area contributed by atoms with Gasteiger partial charge < -0.3 is 14.4 Å². The minimum atomic E-state index is -0.821. The summed E-state index contributed by atoms with van der Waals surface area (Å²) in [6.45, 7) is 3.19. The number of benzene rings is 1. The first-order valence-electron chi connectivity index (χ1n) is 4.87. The molecule has 0 radical (unpaired) electrons. The minimum Gasteiger partial charge on any atom is -0.494 e. The fraction of sp³-hybridized carbons (Fsp3) is 0.400. The van der Waals surface area contributed by atoms with Crippen molar-refractivity contribution < 1.29 is 14.4 Å². The lowest BCUT2D eigenvalue weighted by Crippen LogP contribution is -2.29. The lowest BCUT2D eigenvalue weighted by Gasteiger charge is -2.09. The standard InChI is InChI=1S/C10H13BO3/c1-2-6-13-9-5-3-4-8-7-14-11(12)10(8)9/h3-5,12H,2,6-7H2,1H3. The lowest BCUT2D eigenvalue weighted by atomic mass is 9.79. The fourth-order valence-electron chi connectivity index (χ4n) is 1.59. The average molecular weight is 192 g/mol. The molecule has 4 heteroatoms. The Morgan fingerprint density at radius 3 is 3.21 bits per heavy atom. The van der Waals surface area contributed by atoms with Gasteiger partial charge in [-0.3, -0.25) is 0 Å². The molecule has 74 valence electrons. The molecule has 14 heavy (non-hydrogen) atoms. The van der Waals surface area contributed by atoms with Gasteiger partial charge in [0, 0.05) is 5.46 Å². The van der Waals surface area contributed by atoms with Crippen molar-refractivity contribution in [3.05, 3.63) is 23.8 Å². The van der Waals surface area contributed by atoms with E-state index >= 15 is 0 Å². The van der Waals surface area contributed by atoms with Gasteiger partial charge in [0.2, 0.25) is 0 Å². The van der Waals surface area contributed by atoms with Crippen molar-refractivity contribution in [1.82, 2.24) is 0 Å². The zero-order valence-corrected chi connectivity index (χ0v) is 8.19. The van der Waals surface area contributed by atoms with Gasteiger partial charge in [-0.15, -0.1) is 0 Å². The Kier molecular flexibility index (Phi) is 2.75. The maximum atomic E-state index is 9.56. The zero-order chi connectivity index (χ0) is 9.97. The molecule has 0 amide bonds. The second kappa shape index (κ2) is 4.03. The van der Waals surface area contributed by atoms with Crippen molar-refractivity contribution in [2.75, 3.05) is 6.61 Å². The minimum absolute atomic E-state index is 0.472. The predicted octanol–water partition coefficient (Wildman–Crippen LogP) is 0.693. The fourth-order valence-corrected chi connectivity index (χ4v) is 1.59. The predicted molar refractivity (Wildman–Crippen MR) is 54.6 cm³/mol. The number of fused-ring (bicyclic) bond motifs is 1. The Labute approximate surface area is 83.8 Å². The molecule has 0 aromatic heterocycles. The highest BCUT2D eigenvalue weighted by atomic mass is 16.5. The van der Waals surface area contributed by atoms with Gasteiger partial charge in [0.1, 0.15) is 5.75 Å². The molecule has 0 saturated carbocycles. The van der Waals surface area contributed by atoms with Crippen LogP contribution in [0.25, 0.3) is 0 Å². The summed E-state index contributed by atoms with van der Waals surface area (Å²) in [5.41, 5.74) is 1.81. The average Bonchev–Trinajstić information content (AvgIpc) is 2.58. The first-order valence-corrected chi connectivity index (χ1v) is 4.87. The van der Waals surface area contributed by atoms with E-state index in [1.807, 2.05) is 18.2 Å². The van der Waals surface area contributed by atoms with E-state index in [0.717, 1.165) is 23.2 Å². The van der Waals surface area contributed by atoms with Crippen LogP contribution in [0.2, 0.25) is 0 Å². The SMILES string of the molecule is CCCOc1cccc2c1B(O)OC2. The smallest absolute Gasteiger partial charge is 0.494 e. The Hall–Kier alpha value is -0.995. The Morgan fingerprint density at radius 2 is 2.43 bits per heavy atom. The molecule has 0 bridgehead atoms. The quantitative estimate of drug-likeness (QED) is 0.716. The molecule has 0 aliphatic carbocycles. The van der Waals surface area contributed by atoms with Crippen LogP contribution in [0, 0.1) is 0 Å². The highest BCUT2D eigenvalue weighted by molar-refractivity contribution is 6.62. The third kappa shape index (κ3) is 1.63. The maximum absolute atomic E-state index is 9.56. The Balaban J connectivity index is 2.27. The molecule has 0 saturated heterocycles. The van der Waals surface area contributed by atoms with Crippen LogP contribution in [0.15, 0.2) is 18.2 Å². The van der Waals surface area contributed by atoms with E-state index < -0.39 is 7.12 Å². The van der Waals surface area contributed by atoms with Crippen molar-refractivity contribution in [2.24, 2.45) is 0 Å². The van der Waals surface area contributed by atoms with E-state index in [9.17, 15) is 5.02 Å². The molecule has 0 unspecified atom stereocenters. The van der Waals surface area contributed by atoms with Gasteiger partial charge in [-0.25, -0.2) is 0 Å². The molecule has 1 aromatic carbocycles. The normalized spacial score (nSPS) is 14.3. The molecule has 1 aromatic rings. The van der Waals surface area contributed by atoms with E-state index in [1.54, 1.807) is 0 Å². The summed E-state index contributed by atoms with van der Waals surface area (Å²) in [6, 6.07) is 5.74. The molecule has 1 aliphatic heterocycles. The van der Waals surface area contributed by atoms with Gasteiger partial charge in [0.25, 0.3) is 0 Å². The maximum Gasteiger partial charge on any atom is 0.495 e. The van der Waals surface area contributed by atoms with Gasteiger partial charge in [-0.1, -0.05) is 19.1 Å². The third-order valence-corrected chi connectivity index (χ3v) is 2.26. The summed E-state index contributed by atoms with van der Waals surface area (Å²) >= 11 is 0. The highest BCUT2D eigenvalue weighted by Gasteiger charge is 2.30.